The number of carbonyl (C=O) groups excluding carboxylic acids is 5. The van der Waals surface area contributed by atoms with Gasteiger partial charge in [0.25, 0.3) is 23.6 Å². The number of rotatable bonds is 7. The highest BCUT2D eigenvalue weighted by Crippen LogP contribution is 2.31. The summed E-state index contributed by atoms with van der Waals surface area (Å²) in [7, 11) is 0. The first kappa shape index (κ1) is 36.7. The third-order valence-corrected chi connectivity index (χ3v) is 9.30. The number of oxazole rings is 1. The Kier molecular flexibility index (Phi) is 9.79. The molecule has 1 aromatic heterocycles. The Morgan fingerprint density at radius 1 is 0.679 bits per heavy atom. The number of amides is 5. The molecule has 11 heteroatoms. The number of hydrogen-bond acceptors (Lipinski definition) is 8. The van der Waals surface area contributed by atoms with E-state index in [1.54, 1.807) is 60.7 Å². The van der Waals surface area contributed by atoms with Crippen LogP contribution in [-0.2, 0) is 22.0 Å². The van der Waals surface area contributed by atoms with E-state index in [-0.39, 0.29) is 65.6 Å². The molecule has 2 aliphatic rings. The summed E-state index contributed by atoms with van der Waals surface area (Å²) in [6.45, 7) is 12.8. The molecule has 0 saturated heterocycles. The summed E-state index contributed by atoms with van der Waals surface area (Å²) in [6.07, 6.45) is 0.343. The summed E-state index contributed by atoms with van der Waals surface area (Å²) in [4.78, 5) is 68.6. The SMILES string of the molecule is CC(C)(C)c1ccc(O)c(NC(=O)CCN2C(=O)c3ccccc3C2=O)c1.CC(C)(C)c1ccc2oc(CCN3C(=O)c4ccccc4C3=O)nc2c1. The van der Waals surface area contributed by atoms with Crippen molar-refractivity contribution in [1.29, 1.82) is 0 Å². The smallest absolute Gasteiger partial charge is 0.261 e. The first-order valence-electron chi connectivity index (χ1n) is 17.5. The largest absolute Gasteiger partial charge is 0.506 e. The summed E-state index contributed by atoms with van der Waals surface area (Å²) < 4.78 is 5.78. The molecule has 11 nitrogen and oxygen atoms in total. The molecule has 0 radical (unpaired) electrons. The number of phenolic OH excluding ortho intramolecular Hbond substituents is 1. The Morgan fingerprint density at radius 2 is 1.15 bits per heavy atom. The van der Waals surface area contributed by atoms with Gasteiger partial charge in [0.2, 0.25) is 5.91 Å². The number of nitrogens with one attached hydrogen (secondary N) is 1. The first-order valence-corrected chi connectivity index (χ1v) is 17.5. The van der Waals surface area contributed by atoms with Crippen molar-refractivity contribution < 1.29 is 33.5 Å². The fourth-order valence-corrected chi connectivity index (χ4v) is 6.17. The number of phenols is 1. The van der Waals surface area contributed by atoms with Crippen molar-refractivity contribution in [2.45, 2.75) is 65.2 Å². The van der Waals surface area contributed by atoms with Gasteiger partial charge < -0.3 is 14.8 Å². The number of nitrogens with zero attached hydrogens (tertiary/aromatic N) is 3. The zero-order valence-corrected chi connectivity index (χ0v) is 30.6. The Labute approximate surface area is 307 Å². The van der Waals surface area contributed by atoms with E-state index in [0.717, 1.165) is 21.6 Å². The van der Waals surface area contributed by atoms with E-state index in [4.69, 9.17) is 4.42 Å². The molecular formula is C42H42N4O7. The maximum Gasteiger partial charge on any atom is 0.261 e. The summed E-state index contributed by atoms with van der Waals surface area (Å²) in [5.41, 5.74) is 5.54. The Balaban J connectivity index is 0.000000181. The van der Waals surface area contributed by atoms with Crippen LogP contribution in [0.15, 0.2) is 89.3 Å². The molecule has 0 aliphatic carbocycles. The van der Waals surface area contributed by atoms with Gasteiger partial charge in [0.15, 0.2) is 11.5 Å². The normalized spacial score (nSPS) is 14.0. The van der Waals surface area contributed by atoms with Gasteiger partial charge in [-0.2, -0.15) is 0 Å². The lowest BCUT2D eigenvalue weighted by molar-refractivity contribution is -0.116. The van der Waals surface area contributed by atoms with Crippen molar-refractivity contribution in [3.05, 3.63) is 124 Å². The second kappa shape index (κ2) is 14.1. The molecule has 0 atom stereocenters. The average molecular weight is 715 g/mol. The van der Waals surface area contributed by atoms with Crippen LogP contribution in [0.2, 0.25) is 0 Å². The Bertz CT molecular complexity index is 2210. The molecule has 4 aromatic carbocycles. The van der Waals surface area contributed by atoms with Gasteiger partial charge in [0.05, 0.1) is 27.9 Å². The summed E-state index contributed by atoms with van der Waals surface area (Å²) in [5, 5.41) is 12.7. The minimum Gasteiger partial charge on any atom is -0.506 e. The van der Waals surface area contributed by atoms with Crippen LogP contribution < -0.4 is 5.32 Å². The number of aromatic hydroxyl groups is 1. The average Bonchev–Trinajstić information content (AvgIpc) is 3.72. The van der Waals surface area contributed by atoms with Crippen LogP contribution in [0.25, 0.3) is 11.1 Å². The fraction of sp³-hybridized carbons (Fsp3) is 0.286. The molecular weight excluding hydrogens is 672 g/mol. The number of carbonyl (C=O) groups is 5. The second-order valence-corrected chi connectivity index (χ2v) is 15.2. The van der Waals surface area contributed by atoms with Crippen LogP contribution in [0, 0.1) is 0 Å². The molecule has 2 aliphatic heterocycles. The van der Waals surface area contributed by atoms with Gasteiger partial charge in [-0.25, -0.2) is 4.98 Å². The second-order valence-electron chi connectivity index (χ2n) is 15.2. The molecule has 7 rings (SSSR count). The number of anilines is 1. The minimum atomic E-state index is -0.388. The number of fused-ring (bicyclic) bond motifs is 3. The Hall–Kier alpha value is -6.10. The summed E-state index contributed by atoms with van der Waals surface area (Å²) >= 11 is 0. The van der Waals surface area contributed by atoms with Crippen LogP contribution in [-0.4, -0.2) is 62.5 Å². The fourth-order valence-electron chi connectivity index (χ4n) is 6.17. The highest BCUT2D eigenvalue weighted by molar-refractivity contribution is 6.22. The lowest BCUT2D eigenvalue weighted by Gasteiger charge is -2.20. The lowest BCUT2D eigenvalue weighted by Crippen LogP contribution is -2.32. The van der Waals surface area contributed by atoms with E-state index >= 15 is 0 Å². The predicted molar refractivity (Wildman–Crippen MR) is 200 cm³/mol. The van der Waals surface area contributed by atoms with Crippen molar-refractivity contribution in [1.82, 2.24) is 14.8 Å². The number of aromatic nitrogens is 1. The third-order valence-electron chi connectivity index (χ3n) is 9.30. The van der Waals surface area contributed by atoms with Gasteiger partial charge in [-0.05, 0) is 70.5 Å². The maximum absolute atomic E-state index is 12.4. The molecule has 5 aromatic rings. The highest BCUT2D eigenvalue weighted by atomic mass is 16.3. The van der Waals surface area contributed by atoms with Gasteiger partial charge in [-0.1, -0.05) is 77.9 Å². The minimum absolute atomic E-state index is 0.0160. The number of imide groups is 2. The van der Waals surface area contributed by atoms with Crippen molar-refractivity contribution >= 4 is 46.3 Å². The van der Waals surface area contributed by atoms with Gasteiger partial charge in [-0.15, -0.1) is 0 Å². The van der Waals surface area contributed by atoms with E-state index in [1.807, 2.05) is 45.0 Å². The topological polar surface area (TPSA) is 150 Å². The lowest BCUT2D eigenvalue weighted by atomic mass is 9.87. The summed E-state index contributed by atoms with van der Waals surface area (Å²) in [6, 6.07) is 24.6. The number of hydrogen-bond donors (Lipinski definition) is 2. The van der Waals surface area contributed by atoms with E-state index in [9.17, 15) is 29.1 Å². The Morgan fingerprint density at radius 3 is 1.66 bits per heavy atom. The van der Waals surface area contributed by atoms with Crippen LogP contribution in [0.5, 0.6) is 5.75 Å². The molecule has 0 saturated carbocycles. The first-order chi connectivity index (χ1) is 25.0. The zero-order valence-electron chi connectivity index (χ0n) is 30.6. The highest BCUT2D eigenvalue weighted by Gasteiger charge is 2.36. The standard InChI is InChI=1S/C21H22N2O4.C21H20N2O3/c1-21(2,3)13-8-9-17(24)16(12-13)22-18(25)10-11-23-19(26)14-6-4-5-7-15(14)20(23)27;1-21(2,3)13-8-9-17-16(12-13)22-18(26-17)10-11-23-19(24)14-6-4-5-7-15(14)20(23)25/h4-9,12,24H,10-11H2,1-3H3,(H,22,25);4-9,12H,10-11H2,1-3H3. The molecule has 53 heavy (non-hydrogen) atoms. The van der Waals surface area contributed by atoms with E-state index in [1.165, 1.54) is 10.5 Å². The van der Waals surface area contributed by atoms with Gasteiger partial charge in [0, 0.05) is 25.9 Å². The van der Waals surface area contributed by atoms with Crippen molar-refractivity contribution in [3.8, 4) is 5.75 Å². The van der Waals surface area contributed by atoms with Gasteiger partial charge >= 0.3 is 0 Å². The predicted octanol–water partition coefficient (Wildman–Crippen LogP) is 7.28. The van der Waals surface area contributed by atoms with Crippen molar-refractivity contribution in [3.63, 3.8) is 0 Å². The molecule has 0 fully saturated rings. The monoisotopic (exact) mass is 714 g/mol. The third kappa shape index (κ3) is 7.60. The molecule has 2 N–H and O–H groups in total. The van der Waals surface area contributed by atoms with Crippen molar-refractivity contribution in [2.75, 3.05) is 18.4 Å². The van der Waals surface area contributed by atoms with Gasteiger partial charge in [-0.3, -0.25) is 33.8 Å². The van der Waals surface area contributed by atoms with Crippen LogP contribution in [0.1, 0.15) is 106 Å². The summed E-state index contributed by atoms with van der Waals surface area (Å²) in [5.74, 6) is -1.16. The van der Waals surface area contributed by atoms with E-state index in [0.29, 0.717) is 40.3 Å². The van der Waals surface area contributed by atoms with E-state index in [2.05, 4.69) is 31.1 Å². The number of benzene rings is 4. The maximum atomic E-state index is 12.4. The van der Waals surface area contributed by atoms with Gasteiger partial charge in [0.1, 0.15) is 11.3 Å². The quantitative estimate of drug-likeness (QED) is 0.132. The molecule has 0 bridgehead atoms. The van der Waals surface area contributed by atoms with Crippen LogP contribution in [0.3, 0.4) is 0 Å². The molecule has 0 spiro atoms. The zero-order chi connectivity index (χ0) is 38.2. The molecule has 0 unspecified atom stereocenters. The molecule has 3 heterocycles. The van der Waals surface area contributed by atoms with Crippen molar-refractivity contribution in [2.24, 2.45) is 0 Å². The molecule has 272 valence electrons. The van der Waals surface area contributed by atoms with Crippen LogP contribution >= 0.6 is 0 Å². The van der Waals surface area contributed by atoms with Crippen LogP contribution in [0.4, 0.5) is 5.69 Å². The van der Waals surface area contributed by atoms with E-state index < -0.39 is 0 Å². The molecule has 5 amide bonds.